The van der Waals surface area contributed by atoms with Gasteiger partial charge in [0.2, 0.25) is 0 Å². The minimum absolute atomic E-state index is 0.667. The van der Waals surface area contributed by atoms with Crippen molar-refractivity contribution in [2.75, 3.05) is 30.8 Å². The Bertz CT molecular complexity index is 445. The van der Waals surface area contributed by atoms with Crippen LogP contribution in [0.25, 0.3) is 0 Å². The zero-order valence-electron chi connectivity index (χ0n) is 11.3. The molecule has 3 heterocycles. The molecule has 2 saturated heterocycles. The van der Waals surface area contributed by atoms with E-state index >= 15 is 0 Å². The van der Waals surface area contributed by atoms with Crippen LogP contribution in [0.3, 0.4) is 0 Å². The van der Waals surface area contributed by atoms with Crippen molar-refractivity contribution in [3.63, 3.8) is 0 Å². The summed E-state index contributed by atoms with van der Waals surface area (Å²) in [5, 5.41) is 0. The Morgan fingerprint density at radius 1 is 1.28 bits per heavy atom. The molecule has 0 spiro atoms. The highest BCUT2D eigenvalue weighted by atomic mass is 15.3. The van der Waals surface area contributed by atoms with Crippen molar-refractivity contribution in [2.45, 2.75) is 38.3 Å². The van der Waals surface area contributed by atoms with Crippen LogP contribution in [0.2, 0.25) is 0 Å². The number of pyridine rings is 1. The Morgan fingerprint density at radius 3 is 2.83 bits per heavy atom. The molecule has 2 atom stereocenters. The van der Waals surface area contributed by atoms with Crippen molar-refractivity contribution in [1.29, 1.82) is 0 Å². The molecular weight excluding hydrogens is 224 g/mol. The molecule has 1 aromatic heterocycles. The fraction of sp³-hybridized carbons (Fsp3) is 0.643. The lowest BCUT2D eigenvalue weighted by atomic mass is 10.1. The number of likely N-dealkylation sites (N-methyl/N-ethyl adjacent to an activating group) is 1. The quantitative estimate of drug-likeness (QED) is 0.818. The summed E-state index contributed by atoms with van der Waals surface area (Å²) < 4.78 is 0. The Morgan fingerprint density at radius 2 is 2.06 bits per heavy atom. The van der Waals surface area contributed by atoms with Crippen molar-refractivity contribution in [3.8, 4) is 0 Å². The van der Waals surface area contributed by atoms with Gasteiger partial charge in [0.15, 0.2) is 5.82 Å². The van der Waals surface area contributed by atoms with Crippen molar-refractivity contribution >= 4 is 11.5 Å². The van der Waals surface area contributed by atoms with E-state index in [0.29, 0.717) is 6.04 Å². The molecule has 2 unspecified atom stereocenters. The smallest absolute Gasteiger partial charge is 0.151 e. The van der Waals surface area contributed by atoms with Crippen LogP contribution in [0.4, 0.5) is 11.5 Å². The lowest BCUT2D eigenvalue weighted by Gasteiger charge is -2.27. The second-order valence-electron chi connectivity index (χ2n) is 5.71. The SMILES string of the molecule is Cc1cnc(N2CCC3CCC(C2)N3C)c(N)c1. The normalized spacial score (nSPS) is 28.4. The number of aromatic nitrogens is 1. The molecule has 2 aliphatic heterocycles. The van der Waals surface area contributed by atoms with Gasteiger partial charge in [-0.15, -0.1) is 0 Å². The van der Waals surface area contributed by atoms with Crippen molar-refractivity contribution in [1.82, 2.24) is 9.88 Å². The molecule has 0 amide bonds. The number of aryl methyl sites for hydroxylation is 1. The van der Waals surface area contributed by atoms with Crippen LogP contribution in [0, 0.1) is 6.92 Å². The van der Waals surface area contributed by atoms with E-state index in [4.69, 9.17) is 5.73 Å². The first-order valence-corrected chi connectivity index (χ1v) is 6.84. The molecule has 4 heteroatoms. The summed E-state index contributed by atoms with van der Waals surface area (Å²) in [6.07, 6.45) is 5.80. The lowest BCUT2D eigenvalue weighted by molar-refractivity contribution is 0.254. The fourth-order valence-electron chi connectivity index (χ4n) is 3.35. The molecule has 4 nitrogen and oxygen atoms in total. The first-order valence-electron chi connectivity index (χ1n) is 6.84. The van der Waals surface area contributed by atoms with Crippen LogP contribution in [-0.2, 0) is 0 Å². The average Bonchev–Trinajstić information content (AvgIpc) is 2.55. The van der Waals surface area contributed by atoms with Crippen molar-refractivity contribution < 1.29 is 0 Å². The number of rotatable bonds is 1. The second kappa shape index (κ2) is 4.43. The van der Waals surface area contributed by atoms with Gasteiger partial charge in [0.1, 0.15) is 0 Å². The summed E-state index contributed by atoms with van der Waals surface area (Å²) in [4.78, 5) is 9.45. The van der Waals surface area contributed by atoms with Gasteiger partial charge in [-0.25, -0.2) is 4.98 Å². The maximum absolute atomic E-state index is 6.12. The molecule has 0 saturated carbocycles. The van der Waals surface area contributed by atoms with Crippen molar-refractivity contribution in [3.05, 3.63) is 17.8 Å². The monoisotopic (exact) mass is 246 g/mol. The minimum atomic E-state index is 0.667. The molecule has 18 heavy (non-hydrogen) atoms. The van der Waals surface area contributed by atoms with E-state index in [9.17, 15) is 0 Å². The second-order valence-corrected chi connectivity index (χ2v) is 5.71. The van der Waals surface area contributed by atoms with Gasteiger partial charge in [-0.2, -0.15) is 0 Å². The van der Waals surface area contributed by atoms with E-state index < -0.39 is 0 Å². The van der Waals surface area contributed by atoms with E-state index in [1.54, 1.807) is 0 Å². The summed E-state index contributed by atoms with van der Waals surface area (Å²) in [5.41, 5.74) is 8.06. The molecular formula is C14H22N4. The lowest BCUT2D eigenvalue weighted by Crippen LogP contribution is -2.37. The summed E-state index contributed by atoms with van der Waals surface area (Å²) in [6, 6.07) is 3.45. The minimum Gasteiger partial charge on any atom is -0.396 e. The van der Waals surface area contributed by atoms with E-state index in [0.717, 1.165) is 36.2 Å². The Hall–Kier alpha value is -1.29. The van der Waals surface area contributed by atoms with Crippen LogP contribution >= 0.6 is 0 Å². The maximum Gasteiger partial charge on any atom is 0.151 e. The van der Waals surface area contributed by atoms with Crippen LogP contribution in [0.1, 0.15) is 24.8 Å². The van der Waals surface area contributed by atoms with Gasteiger partial charge in [-0.3, -0.25) is 4.90 Å². The zero-order valence-corrected chi connectivity index (χ0v) is 11.3. The Labute approximate surface area is 109 Å². The molecule has 2 N–H and O–H groups in total. The first-order chi connectivity index (χ1) is 8.65. The molecule has 3 rings (SSSR count). The number of anilines is 2. The third-order valence-corrected chi connectivity index (χ3v) is 4.48. The number of hydrogen-bond donors (Lipinski definition) is 1. The molecule has 0 radical (unpaired) electrons. The summed E-state index contributed by atoms with van der Waals surface area (Å²) in [5.74, 6) is 0.974. The molecule has 2 bridgehead atoms. The van der Waals surface area contributed by atoms with Gasteiger partial charge in [0.05, 0.1) is 5.69 Å². The molecule has 1 aromatic rings. The van der Waals surface area contributed by atoms with Gasteiger partial charge in [-0.1, -0.05) is 0 Å². The van der Waals surface area contributed by atoms with E-state index in [2.05, 4.69) is 21.8 Å². The fourth-order valence-corrected chi connectivity index (χ4v) is 3.35. The highest BCUT2D eigenvalue weighted by Crippen LogP contribution is 2.31. The number of hydrogen-bond acceptors (Lipinski definition) is 4. The molecule has 0 aromatic carbocycles. The van der Waals surface area contributed by atoms with Crippen LogP contribution in [-0.4, -0.2) is 42.1 Å². The number of nitrogens with zero attached hydrogens (tertiary/aromatic N) is 3. The largest absolute Gasteiger partial charge is 0.396 e. The Kier molecular flexibility index (Phi) is 2.90. The predicted octanol–water partition coefficient (Wildman–Crippen LogP) is 1.65. The van der Waals surface area contributed by atoms with Crippen LogP contribution in [0.5, 0.6) is 0 Å². The van der Waals surface area contributed by atoms with Crippen LogP contribution < -0.4 is 10.6 Å². The predicted molar refractivity (Wildman–Crippen MR) is 74.8 cm³/mol. The van der Waals surface area contributed by atoms with Gasteiger partial charge in [0.25, 0.3) is 0 Å². The molecule has 98 valence electrons. The number of fused-ring (bicyclic) bond motifs is 2. The molecule has 2 aliphatic rings. The van der Waals surface area contributed by atoms with Gasteiger partial charge in [-0.05, 0) is 44.9 Å². The van der Waals surface area contributed by atoms with E-state index in [-0.39, 0.29) is 0 Å². The maximum atomic E-state index is 6.12. The standard InChI is InChI=1S/C14H22N4/c1-10-7-13(15)14(16-8-10)18-6-5-11-3-4-12(9-18)17(11)2/h7-8,11-12H,3-6,9,15H2,1-2H3. The zero-order chi connectivity index (χ0) is 12.7. The first kappa shape index (κ1) is 11.8. The molecule has 0 aliphatic carbocycles. The number of nitrogen functional groups attached to an aromatic ring is 1. The van der Waals surface area contributed by atoms with Gasteiger partial charge < -0.3 is 10.6 Å². The van der Waals surface area contributed by atoms with E-state index in [1.807, 2.05) is 19.2 Å². The molecule has 2 fully saturated rings. The van der Waals surface area contributed by atoms with Crippen LogP contribution in [0.15, 0.2) is 12.3 Å². The average molecular weight is 246 g/mol. The summed E-state index contributed by atoms with van der Waals surface area (Å²) in [7, 11) is 2.26. The van der Waals surface area contributed by atoms with Gasteiger partial charge in [0, 0.05) is 31.4 Å². The topological polar surface area (TPSA) is 45.4 Å². The summed E-state index contributed by atoms with van der Waals surface area (Å²) >= 11 is 0. The van der Waals surface area contributed by atoms with Crippen molar-refractivity contribution in [2.24, 2.45) is 0 Å². The number of nitrogens with two attached hydrogens (primary N) is 1. The highest BCUT2D eigenvalue weighted by molar-refractivity contribution is 5.63. The van der Waals surface area contributed by atoms with E-state index in [1.165, 1.54) is 19.3 Å². The third kappa shape index (κ3) is 1.94. The third-order valence-electron chi connectivity index (χ3n) is 4.48. The van der Waals surface area contributed by atoms with Gasteiger partial charge >= 0.3 is 0 Å². The highest BCUT2D eigenvalue weighted by Gasteiger charge is 2.35. The summed E-state index contributed by atoms with van der Waals surface area (Å²) in [6.45, 7) is 4.17. The Balaban J connectivity index is 1.84.